The molecule has 0 amide bonds. The number of carbonyl (C=O) groups excluding carboxylic acids is 1. The number of piperazine rings is 1. The number of carbonyl (C=O) groups is 1. The van der Waals surface area contributed by atoms with Gasteiger partial charge in [0, 0.05) is 79.3 Å². The summed E-state index contributed by atoms with van der Waals surface area (Å²) in [5.74, 6) is 0.879. The predicted octanol–water partition coefficient (Wildman–Crippen LogP) is 7.45. The molecular weight excluding hydrogens is 513 g/mol. The van der Waals surface area contributed by atoms with Crippen LogP contribution in [0.5, 0.6) is 0 Å². The van der Waals surface area contributed by atoms with E-state index in [1.54, 1.807) is 11.6 Å². The number of nitrogens with one attached hydrogen (secondary N) is 1. The second-order valence-electron chi connectivity index (χ2n) is 12.4. The number of benzene rings is 1. The normalized spacial score (nSPS) is 16.1. The molecule has 226 valence electrons. The highest BCUT2D eigenvalue weighted by atomic mass is 19.1. The van der Waals surface area contributed by atoms with Crippen molar-refractivity contribution in [1.82, 2.24) is 20.1 Å². The number of anilines is 1. The van der Waals surface area contributed by atoms with Crippen LogP contribution in [-0.2, 0) is 24.7 Å². The topological polar surface area (TPSA) is 63.1 Å². The third kappa shape index (κ3) is 9.63. The number of halogens is 1. The van der Waals surface area contributed by atoms with Crippen molar-refractivity contribution in [2.75, 3.05) is 24.5 Å². The van der Waals surface area contributed by atoms with Gasteiger partial charge < -0.3 is 15.0 Å². The molecule has 1 aliphatic heterocycles. The number of rotatable bonds is 8. The van der Waals surface area contributed by atoms with Crippen LogP contribution in [0.3, 0.4) is 0 Å². The van der Waals surface area contributed by atoms with Gasteiger partial charge in [-0.2, -0.15) is 5.10 Å². The summed E-state index contributed by atoms with van der Waals surface area (Å²) in [4.78, 5) is 17.5. The van der Waals surface area contributed by atoms with Crippen LogP contribution in [0.15, 0.2) is 24.4 Å². The molecule has 3 heterocycles. The van der Waals surface area contributed by atoms with Gasteiger partial charge in [0.25, 0.3) is 0 Å². The fourth-order valence-electron chi connectivity index (χ4n) is 5.51. The molecule has 2 fully saturated rings. The monoisotopic (exact) mass is 565 g/mol. The van der Waals surface area contributed by atoms with Crippen molar-refractivity contribution in [3.05, 3.63) is 52.7 Å². The van der Waals surface area contributed by atoms with E-state index in [4.69, 9.17) is 4.98 Å². The molecule has 1 N–H and O–H groups in total. The summed E-state index contributed by atoms with van der Waals surface area (Å²) in [5.41, 5.74) is 7.23. The Hall–Kier alpha value is -2.80. The van der Waals surface area contributed by atoms with E-state index >= 15 is 0 Å². The standard InChI is InChI=1S/C18H29N3.C11H13FN2.C5H10O/c1-5-6-15-13(2)20-16(14-7-8-14)11-17(15)21-10-9-19-18(3,4)12-21;1-3-4-8-5-9-7-14(2)13-11(9)6-10(8)12;1-3-4-5(2)6/h11,14,19H,5-10,12H2,1-4H3;5-7H,3-4H2,1-2H3;3-4H2,1-2H3. The highest BCUT2D eigenvalue weighted by Gasteiger charge is 2.30. The lowest BCUT2D eigenvalue weighted by Crippen LogP contribution is -2.57. The van der Waals surface area contributed by atoms with Crippen LogP contribution < -0.4 is 10.2 Å². The van der Waals surface area contributed by atoms with Gasteiger partial charge in [-0.3, -0.25) is 9.67 Å². The van der Waals surface area contributed by atoms with E-state index in [-0.39, 0.29) is 17.1 Å². The Morgan fingerprint density at radius 3 is 2.37 bits per heavy atom. The van der Waals surface area contributed by atoms with E-state index < -0.39 is 0 Å². The van der Waals surface area contributed by atoms with Crippen LogP contribution in [-0.4, -0.2) is 45.7 Å². The van der Waals surface area contributed by atoms with Gasteiger partial charge in [-0.15, -0.1) is 0 Å². The van der Waals surface area contributed by atoms with Gasteiger partial charge in [0.1, 0.15) is 11.6 Å². The Morgan fingerprint density at radius 1 is 1.10 bits per heavy atom. The van der Waals surface area contributed by atoms with Gasteiger partial charge in [-0.25, -0.2) is 4.39 Å². The Bertz CT molecular complexity index is 1290. The van der Waals surface area contributed by atoms with Crippen molar-refractivity contribution in [2.45, 2.75) is 111 Å². The third-order valence-corrected chi connectivity index (χ3v) is 7.64. The maximum Gasteiger partial charge on any atom is 0.129 e. The van der Waals surface area contributed by atoms with Crippen molar-refractivity contribution in [1.29, 1.82) is 0 Å². The van der Waals surface area contributed by atoms with Gasteiger partial charge in [0.15, 0.2) is 0 Å². The molecule has 5 rings (SSSR count). The highest BCUT2D eigenvalue weighted by molar-refractivity contribution is 5.79. The van der Waals surface area contributed by atoms with Crippen LogP contribution in [0.25, 0.3) is 10.9 Å². The molecule has 7 heteroatoms. The van der Waals surface area contributed by atoms with Crippen LogP contribution in [0.1, 0.15) is 109 Å². The maximum absolute atomic E-state index is 13.5. The van der Waals surface area contributed by atoms with Gasteiger partial charge in [0.05, 0.1) is 5.52 Å². The first-order valence-corrected chi connectivity index (χ1v) is 15.6. The molecule has 2 aliphatic rings. The number of Topliss-reactive ketones (excluding diaryl/α,β-unsaturated/α-hetero) is 1. The van der Waals surface area contributed by atoms with E-state index in [2.05, 4.69) is 49.1 Å². The number of pyridine rings is 1. The van der Waals surface area contributed by atoms with Crippen LogP contribution in [0, 0.1) is 12.7 Å². The zero-order valence-corrected chi connectivity index (χ0v) is 26.7. The summed E-state index contributed by atoms with van der Waals surface area (Å²) in [6.45, 7) is 18.0. The lowest BCUT2D eigenvalue weighted by atomic mass is 9.98. The molecular formula is C34H52FN5O. The van der Waals surface area contributed by atoms with E-state index in [0.29, 0.717) is 0 Å². The van der Waals surface area contributed by atoms with Crippen LogP contribution in [0.2, 0.25) is 0 Å². The molecule has 41 heavy (non-hydrogen) atoms. The Kier molecular flexibility index (Phi) is 11.9. The summed E-state index contributed by atoms with van der Waals surface area (Å²) in [6, 6.07) is 5.80. The Labute approximate surface area is 247 Å². The zero-order valence-electron chi connectivity index (χ0n) is 26.7. The minimum Gasteiger partial charge on any atom is -0.368 e. The largest absolute Gasteiger partial charge is 0.368 e. The van der Waals surface area contributed by atoms with Gasteiger partial charge in [0.2, 0.25) is 0 Å². The second-order valence-corrected chi connectivity index (χ2v) is 12.4. The van der Waals surface area contributed by atoms with Crippen LogP contribution >= 0.6 is 0 Å². The summed E-state index contributed by atoms with van der Waals surface area (Å²) in [7, 11) is 1.84. The molecule has 0 bridgehead atoms. The molecule has 0 atom stereocenters. The first-order chi connectivity index (χ1) is 19.5. The number of nitrogens with zero attached hydrogens (tertiary/aromatic N) is 4. The lowest BCUT2D eigenvalue weighted by molar-refractivity contribution is -0.117. The smallest absolute Gasteiger partial charge is 0.129 e. The average Bonchev–Trinajstić information content (AvgIpc) is 3.68. The summed E-state index contributed by atoms with van der Waals surface area (Å²) < 4.78 is 15.2. The van der Waals surface area contributed by atoms with Gasteiger partial charge >= 0.3 is 0 Å². The van der Waals surface area contributed by atoms with Crippen molar-refractivity contribution in [2.24, 2.45) is 7.05 Å². The highest BCUT2D eigenvalue weighted by Crippen LogP contribution is 2.41. The first-order valence-electron chi connectivity index (χ1n) is 15.6. The van der Waals surface area contributed by atoms with Gasteiger partial charge in [-0.05, 0) is 83.1 Å². The number of aromatic nitrogens is 3. The SMILES string of the molecule is CCCC(C)=O.CCCc1c(N2CCNC(C)(C)C2)cc(C2CC2)nc1C.CCCc1cc2cn(C)nc2cc1F. The lowest BCUT2D eigenvalue weighted by Gasteiger charge is -2.41. The summed E-state index contributed by atoms with van der Waals surface area (Å²) in [5, 5.41) is 8.78. The number of hydrogen-bond acceptors (Lipinski definition) is 5. The number of ketones is 1. The summed E-state index contributed by atoms with van der Waals surface area (Å²) in [6.07, 6.45) is 10.4. The van der Waals surface area contributed by atoms with Crippen molar-refractivity contribution in [3.8, 4) is 0 Å². The Morgan fingerprint density at radius 2 is 1.80 bits per heavy atom. The fraction of sp³-hybridized carbons (Fsp3) is 0.618. The second kappa shape index (κ2) is 14.9. The van der Waals surface area contributed by atoms with Crippen molar-refractivity contribution in [3.63, 3.8) is 0 Å². The molecule has 1 aromatic carbocycles. The molecule has 1 aliphatic carbocycles. The van der Waals surface area contributed by atoms with Gasteiger partial charge in [-0.1, -0.05) is 33.6 Å². The Balaban J connectivity index is 0.000000199. The predicted molar refractivity (Wildman–Crippen MR) is 169 cm³/mol. The number of aryl methyl sites for hydroxylation is 3. The van der Waals surface area contributed by atoms with E-state index in [1.807, 2.05) is 33.2 Å². The molecule has 1 saturated carbocycles. The maximum atomic E-state index is 13.5. The minimum absolute atomic E-state index is 0.141. The molecule has 3 aromatic rings. The quantitative estimate of drug-likeness (QED) is 0.307. The molecule has 2 aromatic heterocycles. The molecule has 0 spiro atoms. The molecule has 0 unspecified atom stereocenters. The molecule has 6 nitrogen and oxygen atoms in total. The van der Waals surface area contributed by atoms with Crippen molar-refractivity contribution >= 4 is 22.4 Å². The average molecular weight is 566 g/mol. The van der Waals surface area contributed by atoms with E-state index in [1.165, 1.54) is 48.0 Å². The van der Waals surface area contributed by atoms with E-state index in [9.17, 15) is 9.18 Å². The van der Waals surface area contributed by atoms with Crippen LogP contribution in [0.4, 0.5) is 10.1 Å². The van der Waals surface area contributed by atoms with Crippen molar-refractivity contribution < 1.29 is 9.18 Å². The third-order valence-electron chi connectivity index (χ3n) is 7.64. The summed E-state index contributed by atoms with van der Waals surface area (Å²) >= 11 is 0. The molecule has 1 saturated heterocycles. The molecule has 0 radical (unpaired) electrons. The minimum atomic E-state index is -0.141. The number of fused-ring (bicyclic) bond motifs is 1. The van der Waals surface area contributed by atoms with E-state index in [0.717, 1.165) is 74.1 Å². The number of hydrogen-bond donors (Lipinski definition) is 1. The fourth-order valence-corrected chi connectivity index (χ4v) is 5.51. The zero-order chi connectivity index (χ0) is 30.2. The first kappa shape index (κ1) is 32.7.